The maximum Gasteiger partial charge on any atom is 0.295 e. The first-order valence-corrected chi connectivity index (χ1v) is 11.4. The molecule has 1 aromatic heterocycles. The minimum atomic E-state index is -0.823. The summed E-state index contributed by atoms with van der Waals surface area (Å²) in [5.41, 5.74) is 1.86. The normalized spacial score (nSPS) is 17.1. The minimum absolute atomic E-state index is 0.0180. The Balaban J connectivity index is 1.79. The van der Waals surface area contributed by atoms with Crippen molar-refractivity contribution in [2.45, 2.75) is 26.4 Å². The van der Waals surface area contributed by atoms with E-state index in [1.807, 2.05) is 12.1 Å². The van der Waals surface area contributed by atoms with E-state index in [-0.39, 0.29) is 17.9 Å². The molecule has 0 spiro atoms. The Bertz CT molecular complexity index is 1240. The van der Waals surface area contributed by atoms with Gasteiger partial charge in [-0.15, -0.1) is 0 Å². The Kier molecular flexibility index (Phi) is 7.15. The first kappa shape index (κ1) is 24.0. The zero-order chi connectivity index (χ0) is 24.9. The predicted molar refractivity (Wildman–Crippen MR) is 132 cm³/mol. The number of likely N-dealkylation sites (tertiary alicyclic amines) is 1. The standard InChI is InChI=1S/C28H28N2O5/c1-18(2)17-35-21-10-8-20(9-11-21)26(31)24-25(22-6-4-5-7-23(22)34-3)30(28(33)27(24)32)16-19-12-14-29-15-13-19/h4-15,18,25,31H,16-17H2,1-3H3/b26-24-. The van der Waals surface area contributed by atoms with Gasteiger partial charge in [0.2, 0.25) is 0 Å². The van der Waals surface area contributed by atoms with Gasteiger partial charge in [0.05, 0.1) is 25.3 Å². The molecule has 7 heteroatoms. The van der Waals surface area contributed by atoms with Crippen molar-refractivity contribution in [2.24, 2.45) is 5.92 Å². The molecule has 1 saturated heterocycles. The monoisotopic (exact) mass is 472 g/mol. The highest BCUT2D eigenvalue weighted by Gasteiger charge is 2.47. The molecule has 1 unspecified atom stereocenters. The van der Waals surface area contributed by atoms with Crippen molar-refractivity contribution in [1.82, 2.24) is 9.88 Å². The number of hydrogen-bond acceptors (Lipinski definition) is 6. The number of nitrogens with zero attached hydrogens (tertiary/aromatic N) is 2. The molecule has 2 heterocycles. The third-order valence-electron chi connectivity index (χ3n) is 5.79. The fraction of sp³-hybridized carbons (Fsp3) is 0.250. The number of pyridine rings is 1. The van der Waals surface area contributed by atoms with Crippen molar-refractivity contribution in [3.05, 3.63) is 95.3 Å². The zero-order valence-corrected chi connectivity index (χ0v) is 20.0. The molecule has 4 rings (SSSR count). The number of carbonyl (C=O) groups is 2. The molecule has 0 saturated carbocycles. The molecule has 1 N–H and O–H groups in total. The van der Waals surface area contributed by atoms with Gasteiger partial charge < -0.3 is 19.5 Å². The maximum atomic E-state index is 13.3. The predicted octanol–water partition coefficient (Wildman–Crippen LogP) is 4.75. The molecule has 1 aliphatic heterocycles. The lowest BCUT2D eigenvalue weighted by Crippen LogP contribution is -2.29. The van der Waals surface area contributed by atoms with Gasteiger partial charge in [-0.05, 0) is 53.9 Å². The van der Waals surface area contributed by atoms with E-state index in [1.54, 1.807) is 60.9 Å². The van der Waals surface area contributed by atoms with E-state index in [9.17, 15) is 14.7 Å². The summed E-state index contributed by atoms with van der Waals surface area (Å²) in [7, 11) is 1.53. The van der Waals surface area contributed by atoms with Gasteiger partial charge in [-0.2, -0.15) is 0 Å². The molecule has 0 radical (unpaired) electrons. The van der Waals surface area contributed by atoms with Crippen molar-refractivity contribution >= 4 is 17.4 Å². The van der Waals surface area contributed by atoms with Crippen LogP contribution in [0.5, 0.6) is 11.5 Å². The van der Waals surface area contributed by atoms with Gasteiger partial charge in [0, 0.05) is 30.1 Å². The number of benzene rings is 2. The van der Waals surface area contributed by atoms with Gasteiger partial charge in [0.25, 0.3) is 11.7 Å². The van der Waals surface area contributed by atoms with Gasteiger partial charge in [0.15, 0.2) is 0 Å². The topological polar surface area (TPSA) is 89.0 Å². The van der Waals surface area contributed by atoms with Gasteiger partial charge in [0.1, 0.15) is 17.3 Å². The van der Waals surface area contributed by atoms with Crippen LogP contribution in [0.2, 0.25) is 0 Å². The first-order valence-electron chi connectivity index (χ1n) is 11.4. The zero-order valence-electron chi connectivity index (χ0n) is 20.0. The van der Waals surface area contributed by atoms with Gasteiger partial charge in [-0.25, -0.2) is 0 Å². The lowest BCUT2D eigenvalue weighted by Gasteiger charge is -2.26. The van der Waals surface area contributed by atoms with Crippen molar-refractivity contribution in [2.75, 3.05) is 13.7 Å². The smallest absolute Gasteiger partial charge is 0.295 e. The van der Waals surface area contributed by atoms with E-state index in [2.05, 4.69) is 18.8 Å². The average Bonchev–Trinajstić information content (AvgIpc) is 3.12. The van der Waals surface area contributed by atoms with Crippen molar-refractivity contribution in [3.63, 3.8) is 0 Å². The molecule has 2 aromatic carbocycles. The second kappa shape index (κ2) is 10.4. The number of rotatable bonds is 8. The highest BCUT2D eigenvalue weighted by atomic mass is 16.5. The fourth-order valence-electron chi connectivity index (χ4n) is 4.07. The van der Waals surface area contributed by atoms with E-state index in [4.69, 9.17) is 9.47 Å². The van der Waals surface area contributed by atoms with Crippen LogP contribution in [0.3, 0.4) is 0 Å². The summed E-state index contributed by atoms with van der Waals surface area (Å²) < 4.78 is 11.3. The molecular weight excluding hydrogens is 444 g/mol. The Morgan fingerprint density at radius 3 is 2.37 bits per heavy atom. The Morgan fingerprint density at radius 1 is 1.03 bits per heavy atom. The highest BCUT2D eigenvalue weighted by Crippen LogP contribution is 2.43. The van der Waals surface area contributed by atoms with E-state index in [1.165, 1.54) is 12.0 Å². The Hall–Kier alpha value is -4.13. The molecule has 1 amide bonds. The van der Waals surface area contributed by atoms with Crippen LogP contribution in [0.1, 0.15) is 36.6 Å². The number of aliphatic hydroxyl groups excluding tert-OH is 1. The van der Waals surface area contributed by atoms with Gasteiger partial charge in [-0.1, -0.05) is 32.0 Å². The molecule has 3 aromatic rings. The molecule has 7 nitrogen and oxygen atoms in total. The van der Waals surface area contributed by atoms with E-state index in [0.29, 0.717) is 35.2 Å². The summed E-state index contributed by atoms with van der Waals surface area (Å²) in [5, 5.41) is 11.3. The number of aromatic nitrogens is 1. The first-order chi connectivity index (χ1) is 16.9. The second-order valence-corrected chi connectivity index (χ2v) is 8.75. The van der Waals surface area contributed by atoms with E-state index < -0.39 is 17.7 Å². The summed E-state index contributed by atoms with van der Waals surface area (Å²) in [6, 6.07) is 16.8. The van der Waals surface area contributed by atoms with Crippen LogP contribution in [0, 0.1) is 5.92 Å². The number of methoxy groups -OCH3 is 1. The molecular formula is C28H28N2O5. The summed E-state index contributed by atoms with van der Waals surface area (Å²) >= 11 is 0. The number of ether oxygens (including phenoxy) is 2. The summed E-state index contributed by atoms with van der Waals surface area (Å²) in [6.07, 6.45) is 3.26. The SMILES string of the molecule is COc1ccccc1C1/C(=C(/O)c2ccc(OCC(C)C)cc2)C(=O)C(=O)N1Cc1ccncc1. The quantitative estimate of drug-likeness (QED) is 0.289. The minimum Gasteiger partial charge on any atom is -0.507 e. The number of carbonyl (C=O) groups excluding carboxylic acids is 2. The van der Waals surface area contributed by atoms with Crippen molar-refractivity contribution in [1.29, 1.82) is 0 Å². The van der Waals surface area contributed by atoms with Crippen LogP contribution in [0.4, 0.5) is 0 Å². The van der Waals surface area contributed by atoms with Crippen molar-refractivity contribution < 1.29 is 24.2 Å². The van der Waals surface area contributed by atoms with Crippen molar-refractivity contribution in [3.8, 4) is 11.5 Å². The van der Waals surface area contributed by atoms with Crippen LogP contribution in [-0.2, 0) is 16.1 Å². The Morgan fingerprint density at radius 2 is 1.71 bits per heavy atom. The molecule has 0 bridgehead atoms. The lowest BCUT2D eigenvalue weighted by molar-refractivity contribution is -0.140. The summed E-state index contributed by atoms with van der Waals surface area (Å²) in [5.74, 6) is -0.118. The number of Topliss-reactive ketones (excluding diaryl/α,β-unsaturated/α-hetero) is 1. The third-order valence-corrected chi connectivity index (χ3v) is 5.79. The molecule has 0 aliphatic carbocycles. The largest absolute Gasteiger partial charge is 0.507 e. The number of hydrogen-bond donors (Lipinski definition) is 1. The molecule has 1 fully saturated rings. The summed E-state index contributed by atoms with van der Waals surface area (Å²) in [6.45, 7) is 4.86. The molecule has 180 valence electrons. The maximum absolute atomic E-state index is 13.3. The van der Waals surface area contributed by atoms with Gasteiger partial charge >= 0.3 is 0 Å². The summed E-state index contributed by atoms with van der Waals surface area (Å²) in [4.78, 5) is 31.9. The van der Waals surface area contributed by atoms with E-state index in [0.717, 1.165) is 5.56 Å². The highest BCUT2D eigenvalue weighted by molar-refractivity contribution is 6.46. The number of para-hydroxylation sites is 1. The number of ketones is 1. The van der Waals surface area contributed by atoms with Crippen LogP contribution in [0.25, 0.3) is 5.76 Å². The lowest BCUT2D eigenvalue weighted by atomic mass is 9.94. The van der Waals surface area contributed by atoms with Crippen LogP contribution in [0.15, 0.2) is 78.6 Å². The third kappa shape index (κ3) is 5.04. The van der Waals surface area contributed by atoms with E-state index >= 15 is 0 Å². The number of amides is 1. The molecule has 1 aliphatic rings. The number of aliphatic hydroxyl groups is 1. The fourth-order valence-corrected chi connectivity index (χ4v) is 4.07. The van der Waals surface area contributed by atoms with Gasteiger partial charge in [-0.3, -0.25) is 14.6 Å². The Labute approximate surface area is 204 Å². The van der Waals surface area contributed by atoms with Crippen LogP contribution in [-0.4, -0.2) is 40.4 Å². The second-order valence-electron chi connectivity index (χ2n) is 8.75. The molecule has 1 atom stereocenters. The average molecular weight is 473 g/mol. The van der Waals surface area contributed by atoms with Crippen LogP contribution >= 0.6 is 0 Å². The van der Waals surface area contributed by atoms with Crippen LogP contribution < -0.4 is 9.47 Å². The molecule has 35 heavy (non-hydrogen) atoms.